The number of fused-ring (bicyclic) bond motifs is 6. The van der Waals surface area contributed by atoms with E-state index in [-0.39, 0.29) is 5.41 Å². The third kappa shape index (κ3) is 3.27. The largest absolute Gasteiger partial charge is 0.311 e. The average Bonchev–Trinajstić information content (AvgIpc) is 2.93. The second kappa shape index (κ2) is 8.08. The average molecular weight is 450 g/mol. The Morgan fingerprint density at radius 1 is 0.571 bits per heavy atom. The van der Waals surface area contributed by atoms with E-state index in [4.69, 9.17) is 0 Å². The normalized spacial score (nSPS) is 17.6. The highest BCUT2D eigenvalue weighted by molar-refractivity contribution is 6.17. The molecule has 0 saturated heterocycles. The Kier molecular flexibility index (Phi) is 4.72. The molecule has 1 heterocycles. The van der Waals surface area contributed by atoms with Crippen LogP contribution in [0.4, 0.5) is 0 Å². The van der Waals surface area contributed by atoms with E-state index >= 15 is 0 Å². The van der Waals surface area contributed by atoms with Crippen LogP contribution in [0.3, 0.4) is 0 Å². The molecule has 168 valence electrons. The fraction of sp³-hybridized carbons (Fsp3) is 0.118. The summed E-state index contributed by atoms with van der Waals surface area (Å²) < 4.78 is 0. The van der Waals surface area contributed by atoms with Crippen LogP contribution in [-0.2, 0) is 18.4 Å². The molecular weight excluding hydrogens is 422 g/mol. The number of nitrogens with one attached hydrogen (secondary N) is 1. The maximum absolute atomic E-state index is 3.73. The number of hydrogen-bond acceptors (Lipinski definition) is 1. The van der Waals surface area contributed by atoms with Gasteiger partial charge in [-0.1, -0.05) is 121 Å². The summed E-state index contributed by atoms with van der Waals surface area (Å²) in [7, 11) is 0. The first-order chi connectivity index (χ1) is 17.3. The zero-order chi connectivity index (χ0) is 23.2. The van der Waals surface area contributed by atoms with Crippen LogP contribution < -0.4 is 5.32 Å². The van der Waals surface area contributed by atoms with Gasteiger partial charge in [-0.2, -0.15) is 0 Å². The standard InChI is InChI=1S/C34H27N/c1-2-10-28(11-3-1)34(23-35-22-27-9-5-7-13-33(27)34)21-24-14-17-30-26(20-24)16-19-31-29-12-6-4-8-25(29)15-18-32(30)31/h1-20,35H,21-23H2. The highest BCUT2D eigenvalue weighted by atomic mass is 14.9. The van der Waals surface area contributed by atoms with Crippen molar-refractivity contribution in [3.8, 4) is 0 Å². The minimum Gasteiger partial charge on any atom is -0.311 e. The molecule has 0 spiro atoms. The van der Waals surface area contributed by atoms with Crippen LogP contribution in [0, 0.1) is 0 Å². The van der Waals surface area contributed by atoms with Crippen LogP contribution in [0.1, 0.15) is 22.3 Å². The molecule has 1 aliphatic heterocycles. The smallest absolute Gasteiger partial charge is 0.0370 e. The van der Waals surface area contributed by atoms with E-state index in [0.29, 0.717) is 0 Å². The van der Waals surface area contributed by atoms with Gasteiger partial charge in [-0.05, 0) is 61.0 Å². The minimum atomic E-state index is -0.0865. The molecule has 1 N–H and O–H groups in total. The third-order valence-electron chi connectivity index (χ3n) is 7.91. The summed E-state index contributed by atoms with van der Waals surface area (Å²) in [5.41, 5.74) is 5.53. The summed E-state index contributed by atoms with van der Waals surface area (Å²) in [4.78, 5) is 0. The monoisotopic (exact) mass is 449 g/mol. The van der Waals surface area contributed by atoms with Gasteiger partial charge in [0.1, 0.15) is 0 Å². The van der Waals surface area contributed by atoms with Gasteiger partial charge in [-0.15, -0.1) is 0 Å². The predicted molar refractivity (Wildman–Crippen MR) is 148 cm³/mol. The van der Waals surface area contributed by atoms with E-state index in [0.717, 1.165) is 19.5 Å². The van der Waals surface area contributed by atoms with Crippen LogP contribution >= 0.6 is 0 Å². The number of rotatable bonds is 3. The van der Waals surface area contributed by atoms with Crippen molar-refractivity contribution in [2.24, 2.45) is 0 Å². The Morgan fingerprint density at radius 3 is 2.14 bits per heavy atom. The molecule has 6 aromatic carbocycles. The van der Waals surface area contributed by atoms with Crippen LogP contribution in [-0.4, -0.2) is 6.54 Å². The Morgan fingerprint density at radius 2 is 1.26 bits per heavy atom. The molecule has 1 aliphatic rings. The molecule has 0 bridgehead atoms. The third-order valence-corrected chi connectivity index (χ3v) is 7.91. The first-order valence-electron chi connectivity index (χ1n) is 12.5. The lowest BCUT2D eigenvalue weighted by Crippen LogP contribution is -2.45. The van der Waals surface area contributed by atoms with Crippen molar-refractivity contribution in [1.29, 1.82) is 0 Å². The lowest BCUT2D eigenvalue weighted by Gasteiger charge is -2.40. The van der Waals surface area contributed by atoms with Gasteiger partial charge in [-0.3, -0.25) is 0 Å². The minimum absolute atomic E-state index is 0.0865. The molecule has 0 saturated carbocycles. The van der Waals surface area contributed by atoms with Gasteiger partial charge in [0.05, 0.1) is 0 Å². The molecule has 0 amide bonds. The first-order valence-corrected chi connectivity index (χ1v) is 12.5. The van der Waals surface area contributed by atoms with Gasteiger partial charge in [0.2, 0.25) is 0 Å². The summed E-state index contributed by atoms with van der Waals surface area (Å²) in [6.07, 6.45) is 0.965. The van der Waals surface area contributed by atoms with Crippen LogP contribution in [0.5, 0.6) is 0 Å². The molecule has 1 nitrogen and oxygen atoms in total. The predicted octanol–water partition coefficient (Wildman–Crippen LogP) is 7.78. The molecule has 6 aromatic rings. The van der Waals surface area contributed by atoms with E-state index in [9.17, 15) is 0 Å². The van der Waals surface area contributed by atoms with Crippen molar-refractivity contribution >= 4 is 32.3 Å². The molecular formula is C34H27N. The molecule has 0 fully saturated rings. The van der Waals surface area contributed by atoms with Gasteiger partial charge >= 0.3 is 0 Å². The fourth-order valence-corrected chi connectivity index (χ4v) is 6.26. The second-order valence-electron chi connectivity index (χ2n) is 9.89. The summed E-state index contributed by atoms with van der Waals surface area (Å²) in [5, 5.41) is 11.6. The molecule has 0 aromatic heterocycles. The zero-order valence-corrected chi connectivity index (χ0v) is 19.7. The highest BCUT2D eigenvalue weighted by Gasteiger charge is 2.38. The fourth-order valence-electron chi connectivity index (χ4n) is 6.26. The molecule has 35 heavy (non-hydrogen) atoms. The van der Waals surface area contributed by atoms with E-state index in [1.807, 2.05) is 0 Å². The van der Waals surface area contributed by atoms with E-state index in [1.54, 1.807) is 0 Å². The molecule has 0 aliphatic carbocycles. The summed E-state index contributed by atoms with van der Waals surface area (Å²) in [6, 6.07) is 44.9. The number of benzene rings is 6. The Labute approximate surface area is 206 Å². The van der Waals surface area contributed by atoms with Gasteiger partial charge in [0.15, 0.2) is 0 Å². The maximum Gasteiger partial charge on any atom is 0.0370 e. The Balaban J connectivity index is 1.38. The quantitative estimate of drug-likeness (QED) is 0.272. The molecule has 0 radical (unpaired) electrons. The van der Waals surface area contributed by atoms with Gasteiger partial charge < -0.3 is 5.32 Å². The highest BCUT2D eigenvalue weighted by Crippen LogP contribution is 2.40. The lowest BCUT2D eigenvalue weighted by atomic mass is 9.67. The van der Waals surface area contributed by atoms with Crippen LogP contribution in [0.25, 0.3) is 32.3 Å². The second-order valence-corrected chi connectivity index (χ2v) is 9.89. The Bertz CT molecular complexity index is 1700. The maximum atomic E-state index is 3.73. The van der Waals surface area contributed by atoms with Crippen molar-refractivity contribution < 1.29 is 0 Å². The van der Waals surface area contributed by atoms with Crippen LogP contribution in [0.15, 0.2) is 121 Å². The van der Waals surface area contributed by atoms with E-state index in [1.165, 1.54) is 54.6 Å². The van der Waals surface area contributed by atoms with Crippen molar-refractivity contribution in [3.63, 3.8) is 0 Å². The topological polar surface area (TPSA) is 12.0 Å². The Hall–Kier alpha value is -3.94. The summed E-state index contributed by atoms with van der Waals surface area (Å²) in [5.74, 6) is 0. The van der Waals surface area contributed by atoms with Crippen molar-refractivity contribution in [2.75, 3.05) is 6.54 Å². The van der Waals surface area contributed by atoms with Crippen molar-refractivity contribution in [3.05, 3.63) is 144 Å². The van der Waals surface area contributed by atoms with Crippen molar-refractivity contribution in [1.82, 2.24) is 5.32 Å². The summed E-state index contributed by atoms with van der Waals surface area (Å²) >= 11 is 0. The SMILES string of the molecule is c1ccc(C2(Cc3ccc4c(ccc5c6ccccc6ccc45)c3)CNCc3ccccc32)cc1. The molecule has 7 rings (SSSR count). The molecule has 1 heteroatoms. The first kappa shape index (κ1) is 20.4. The van der Waals surface area contributed by atoms with Gasteiger partial charge in [0.25, 0.3) is 0 Å². The number of hydrogen-bond donors (Lipinski definition) is 1. The summed E-state index contributed by atoms with van der Waals surface area (Å²) in [6.45, 7) is 1.87. The van der Waals surface area contributed by atoms with E-state index < -0.39 is 0 Å². The van der Waals surface area contributed by atoms with Gasteiger partial charge in [0, 0.05) is 18.5 Å². The van der Waals surface area contributed by atoms with E-state index in [2.05, 4.69) is 127 Å². The van der Waals surface area contributed by atoms with Gasteiger partial charge in [-0.25, -0.2) is 0 Å². The molecule has 1 unspecified atom stereocenters. The van der Waals surface area contributed by atoms with Crippen LogP contribution in [0.2, 0.25) is 0 Å². The lowest BCUT2D eigenvalue weighted by molar-refractivity contribution is 0.428. The molecule has 1 atom stereocenters. The zero-order valence-electron chi connectivity index (χ0n) is 19.7. The van der Waals surface area contributed by atoms with Crippen molar-refractivity contribution in [2.45, 2.75) is 18.4 Å².